The second kappa shape index (κ2) is 4.18. The van der Waals surface area contributed by atoms with E-state index in [0.717, 1.165) is 0 Å². The third-order valence-electron chi connectivity index (χ3n) is 2.92. The normalized spacial score (nSPS) is 29.5. The largest absolute Gasteiger partial charge is 0.396 e. The van der Waals surface area contributed by atoms with Gasteiger partial charge in [0.15, 0.2) is 0 Å². The zero-order chi connectivity index (χ0) is 11.7. The fourth-order valence-electron chi connectivity index (χ4n) is 2.07. The van der Waals surface area contributed by atoms with E-state index >= 15 is 0 Å². The van der Waals surface area contributed by atoms with Crippen LogP contribution in [0.4, 0.5) is 0 Å². The first-order chi connectivity index (χ1) is 7.61. The van der Waals surface area contributed by atoms with E-state index in [2.05, 4.69) is 10.1 Å². The maximum atomic E-state index is 10.8. The number of hydrogen-bond donors (Lipinski definition) is 3. The van der Waals surface area contributed by atoms with Gasteiger partial charge in [0.2, 0.25) is 5.82 Å². The summed E-state index contributed by atoms with van der Waals surface area (Å²) in [5, 5.41) is 22.7. The number of aliphatic hydroxyl groups is 2. The Morgan fingerprint density at radius 2 is 2.38 bits per heavy atom. The summed E-state index contributed by atoms with van der Waals surface area (Å²) in [5.74, 6) is -0.675. The van der Waals surface area contributed by atoms with E-state index in [9.17, 15) is 9.90 Å². The van der Waals surface area contributed by atoms with Crippen molar-refractivity contribution >= 4 is 5.91 Å². The van der Waals surface area contributed by atoms with Crippen LogP contribution in [0.3, 0.4) is 0 Å². The van der Waals surface area contributed by atoms with Gasteiger partial charge >= 0.3 is 0 Å². The molecule has 0 aliphatic heterocycles. The number of primary amides is 1. The molecule has 1 aliphatic rings. The molecule has 1 aromatic rings. The van der Waals surface area contributed by atoms with E-state index in [1.807, 2.05) is 0 Å². The summed E-state index contributed by atoms with van der Waals surface area (Å²) >= 11 is 0. The minimum atomic E-state index is -0.690. The molecule has 1 saturated carbocycles. The van der Waals surface area contributed by atoms with Crippen LogP contribution in [-0.2, 0) is 0 Å². The zero-order valence-electron chi connectivity index (χ0n) is 8.65. The van der Waals surface area contributed by atoms with Crippen molar-refractivity contribution in [3.05, 3.63) is 12.2 Å². The lowest BCUT2D eigenvalue weighted by Gasteiger charge is -2.13. The van der Waals surface area contributed by atoms with Crippen LogP contribution in [0.5, 0.6) is 0 Å². The Hall–Kier alpha value is -1.47. The Balaban J connectivity index is 2.15. The van der Waals surface area contributed by atoms with Gasteiger partial charge in [-0.25, -0.2) is 9.67 Å². The molecule has 1 aromatic heterocycles. The first-order valence-corrected chi connectivity index (χ1v) is 5.11. The molecule has 0 bridgehead atoms. The highest BCUT2D eigenvalue weighted by Gasteiger charge is 2.34. The minimum absolute atomic E-state index is 0.0466. The fraction of sp³-hybridized carbons (Fsp3) is 0.667. The Morgan fingerprint density at radius 1 is 1.62 bits per heavy atom. The van der Waals surface area contributed by atoms with Crippen LogP contribution in [0.15, 0.2) is 6.33 Å². The first-order valence-electron chi connectivity index (χ1n) is 5.11. The van der Waals surface area contributed by atoms with Crippen molar-refractivity contribution in [2.75, 3.05) is 6.61 Å². The van der Waals surface area contributed by atoms with Crippen molar-refractivity contribution < 1.29 is 15.0 Å². The molecule has 4 N–H and O–H groups in total. The lowest BCUT2D eigenvalue weighted by atomic mass is 10.1. The summed E-state index contributed by atoms with van der Waals surface area (Å²) in [6.07, 6.45) is 1.97. The van der Waals surface area contributed by atoms with Gasteiger partial charge in [0, 0.05) is 6.61 Å². The van der Waals surface area contributed by atoms with Crippen LogP contribution in [0, 0.1) is 5.92 Å². The number of nitrogens with zero attached hydrogens (tertiary/aromatic N) is 3. The molecule has 0 radical (unpaired) electrons. The average Bonchev–Trinajstić information content (AvgIpc) is 2.83. The molecule has 0 spiro atoms. The van der Waals surface area contributed by atoms with Gasteiger partial charge in [0.1, 0.15) is 6.33 Å². The minimum Gasteiger partial charge on any atom is -0.396 e. The second-order valence-corrected chi connectivity index (χ2v) is 4.07. The predicted molar refractivity (Wildman–Crippen MR) is 53.4 cm³/mol. The Labute approximate surface area is 91.9 Å². The predicted octanol–water partition coefficient (Wildman–Crippen LogP) is -1.32. The van der Waals surface area contributed by atoms with Crippen LogP contribution in [0.1, 0.15) is 29.5 Å². The quantitative estimate of drug-likeness (QED) is 0.591. The van der Waals surface area contributed by atoms with Gasteiger partial charge in [0.25, 0.3) is 5.91 Å². The topological polar surface area (TPSA) is 114 Å². The summed E-state index contributed by atoms with van der Waals surface area (Å²) in [4.78, 5) is 14.6. The number of amides is 1. The molecular formula is C9H14N4O3. The van der Waals surface area contributed by atoms with Crippen molar-refractivity contribution in [1.29, 1.82) is 0 Å². The van der Waals surface area contributed by atoms with Crippen molar-refractivity contribution in [2.45, 2.75) is 25.0 Å². The summed E-state index contributed by atoms with van der Waals surface area (Å²) < 4.78 is 1.44. The Bertz CT molecular complexity index is 392. The molecule has 16 heavy (non-hydrogen) atoms. The second-order valence-electron chi connectivity index (χ2n) is 4.07. The van der Waals surface area contributed by atoms with Crippen molar-refractivity contribution in [2.24, 2.45) is 11.7 Å². The number of carbonyl (C=O) groups is 1. The molecule has 7 nitrogen and oxygen atoms in total. The lowest BCUT2D eigenvalue weighted by Crippen LogP contribution is -2.20. The lowest BCUT2D eigenvalue weighted by molar-refractivity contribution is 0.0986. The fourth-order valence-corrected chi connectivity index (χ4v) is 2.07. The molecule has 1 heterocycles. The van der Waals surface area contributed by atoms with Gasteiger partial charge in [-0.3, -0.25) is 4.79 Å². The molecule has 0 aromatic carbocycles. The SMILES string of the molecule is NC(=O)c1ncn([C@H]2C[C@@H](CO)CC2O)n1. The third kappa shape index (κ3) is 1.91. The van der Waals surface area contributed by atoms with E-state index in [1.165, 1.54) is 11.0 Å². The molecule has 1 fully saturated rings. The maximum Gasteiger partial charge on any atom is 0.288 e. The number of nitrogens with two attached hydrogens (primary N) is 1. The molecule has 88 valence electrons. The van der Waals surface area contributed by atoms with Crippen LogP contribution in [0.2, 0.25) is 0 Å². The first kappa shape index (κ1) is 11.0. The summed E-state index contributed by atoms with van der Waals surface area (Å²) in [7, 11) is 0. The van der Waals surface area contributed by atoms with Gasteiger partial charge < -0.3 is 15.9 Å². The Kier molecular flexibility index (Phi) is 2.88. The standard InChI is InChI=1S/C9H14N4O3/c10-8(16)9-11-4-13(12-9)6-1-5(3-14)2-7(6)15/h4-7,14-15H,1-3H2,(H2,10,16)/t5-,6+,7?/m1/s1. The molecule has 1 aliphatic carbocycles. The number of hydrogen-bond acceptors (Lipinski definition) is 5. The van der Waals surface area contributed by atoms with E-state index in [-0.39, 0.29) is 24.4 Å². The van der Waals surface area contributed by atoms with Gasteiger partial charge in [-0.2, -0.15) is 0 Å². The molecule has 1 amide bonds. The van der Waals surface area contributed by atoms with Crippen LogP contribution in [-0.4, -0.2) is 43.6 Å². The van der Waals surface area contributed by atoms with Gasteiger partial charge in [-0.1, -0.05) is 0 Å². The molecule has 0 saturated heterocycles. The molecule has 7 heteroatoms. The number of aliphatic hydroxyl groups excluding tert-OH is 2. The summed E-state index contributed by atoms with van der Waals surface area (Å²) in [6, 6.07) is -0.238. The smallest absolute Gasteiger partial charge is 0.288 e. The van der Waals surface area contributed by atoms with Gasteiger partial charge in [0.05, 0.1) is 12.1 Å². The summed E-state index contributed by atoms with van der Waals surface area (Å²) in [6.45, 7) is 0.0466. The summed E-state index contributed by atoms with van der Waals surface area (Å²) in [5.41, 5.74) is 5.03. The van der Waals surface area contributed by atoms with E-state index in [0.29, 0.717) is 12.8 Å². The van der Waals surface area contributed by atoms with E-state index < -0.39 is 12.0 Å². The van der Waals surface area contributed by atoms with Gasteiger partial charge in [-0.05, 0) is 18.8 Å². The highest BCUT2D eigenvalue weighted by molar-refractivity contribution is 5.88. The number of aromatic nitrogens is 3. The third-order valence-corrected chi connectivity index (χ3v) is 2.92. The molecule has 3 atom stereocenters. The molecule has 1 unspecified atom stereocenters. The van der Waals surface area contributed by atoms with Crippen LogP contribution in [0.25, 0.3) is 0 Å². The van der Waals surface area contributed by atoms with Crippen LogP contribution >= 0.6 is 0 Å². The zero-order valence-corrected chi connectivity index (χ0v) is 8.65. The highest BCUT2D eigenvalue weighted by atomic mass is 16.3. The van der Waals surface area contributed by atoms with E-state index in [1.54, 1.807) is 0 Å². The Morgan fingerprint density at radius 3 is 2.88 bits per heavy atom. The van der Waals surface area contributed by atoms with Crippen LogP contribution < -0.4 is 5.73 Å². The molecule has 2 rings (SSSR count). The number of rotatable bonds is 3. The monoisotopic (exact) mass is 226 g/mol. The maximum absolute atomic E-state index is 10.8. The van der Waals surface area contributed by atoms with Crippen molar-refractivity contribution in [3.63, 3.8) is 0 Å². The van der Waals surface area contributed by atoms with E-state index in [4.69, 9.17) is 10.8 Å². The average molecular weight is 226 g/mol. The number of carbonyl (C=O) groups excluding carboxylic acids is 1. The van der Waals surface area contributed by atoms with Crippen molar-refractivity contribution in [3.8, 4) is 0 Å². The molecular weight excluding hydrogens is 212 g/mol. The van der Waals surface area contributed by atoms with Crippen molar-refractivity contribution in [1.82, 2.24) is 14.8 Å². The highest BCUT2D eigenvalue weighted by Crippen LogP contribution is 2.33. The van der Waals surface area contributed by atoms with Gasteiger partial charge in [-0.15, -0.1) is 5.10 Å².